The molecule has 0 radical (unpaired) electrons. The van der Waals surface area contributed by atoms with Crippen molar-refractivity contribution in [2.45, 2.75) is 20.4 Å². The lowest BCUT2D eigenvalue weighted by Crippen LogP contribution is -2.43. The number of hydrogen-bond acceptors (Lipinski definition) is 5. The summed E-state index contributed by atoms with van der Waals surface area (Å²) in [6, 6.07) is 4.47. The summed E-state index contributed by atoms with van der Waals surface area (Å²) in [5, 5.41) is 14.8. The fraction of sp³-hybridized carbons (Fsp3) is 0.214. The van der Waals surface area contributed by atoms with Gasteiger partial charge in [0.1, 0.15) is 6.54 Å². The van der Waals surface area contributed by atoms with Crippen LogP contribution in [0.2, 0.25) is 0 Å². The van der Waals surface area contributed by atoms with Gasteiger partial charge in [-0.15, -0.1) is 0 Å². The first-order valence-corrected chi connectivity index (χ1v) is 6.82. The zero-order valence-corrected chi connectivity index (χ0v) is 12.9. The van der Waals surface area contributed by atoms with Crippen molar-refractivity contribution >= 4 is 17.5 Å². The molecule has 0 fully saturated rings. The van der Waals surface area contributed by atoms with Gasteiger partial charge in [0.05, 0.1) is 10.6 Å². The molecule has 0 aliphatic heterocycles. The van der Waals surface area contributed by atoms with Gasteiger partial charge in [0, 0.05) is 17.3 Å². The number of nitro groups is 1. The molecule has 2 rings (SSSR count). The topological polar surface area (TPSA) is 119 Å². The molecule has 9 nitrogen and oxygen atoms in total. The SMILES string of the molecule is Cc1cc(C)n(CC(=O)NNC(=O)c2ccc(F)c([N+](=O)[O-])c2)n1. The van der Waals surface area contributed by atoms with Crippen molar-refractivity contribution in [3.8, 4) is 0 Å². The van der Waals surface area contributed by atoms with Gasteiger partial charge < -0.3 is 0 Å². The summed E-state index contributed by atoms with van der Waals surface area (Å²) < 4.78 is 14.7. The summed E-state index contributed by atoms with van der Waals surface area (Å²) in [7, 11) is 0. The first kappa shape index (κ1) is 17.1. The number of rotatable bonds is 4. The van der Waals surface area contributed by atoms with Crippen molar-refractivity contribution < 1.29 is 18.9 Å². The van der Waals surface area contributed by atoms with E-state index >= 15 is 0 Å². The van der Waals surface area contributed by atoms with Crippen molar-refractivity contribution in [1.82, 2.24) is 20.6 Å². The number of carbonyl (C=O) groups is 2. The molecule has 1 heterocycles. The van der Waals surface area contributed by atoms with Crippen LogP contribution in [0.5, 0.6) is 0 Å². The van der Waals surface area contributed by atoms with E-state index in [0.29, 0.717) is 0 Å². The maximum absolute atomic E-state index is 13.2. The molecule has 0 spiro atoms. The van der Waals surface area contributed by atoms with Crippen LogP contribution in [0.1, 0.15) is 21.7 Å². The number of aryl methyl sites for hydroxylation is 2. The van der Waals surface area contributed by atoms with Crippen LogP contribution >= 0.6 is 0 Å². The fourth-order valence-electron chi connectivity index (χ4n) is 2.00. The van der Waals surface area contributed by atoms with E-state index in [0.717, 1.165) is 29.6 Å². The summed E-state index contributed by atoms with van der Waals surface area (Å²) in [6.07, 6.45) is 0. The Morgan fingerprint density at radius 3 is 2.58 bits per heavy atom. The van der Waals surface area contributed by atoms with Crippen molar-refractivity contribution in [3.05, 3.63) is 57.1 Å². The minimum absolute atomic E-state index is 0.108. The van der Waals surface area contributed by atoms with Gasteiger partial charge in [0.25, 0.3) is 11.8 Å². The molecule has 2 N–H and O–H groups in total. The minimum Gasteiger partial charge on any atom is -0.271 e. The Labute approximate surface area is 135 Å². The van der Waals surface area contributed by atoms with Crippen LogP contribution in [0.25, 0.3) is 0 Å². The summed E-state index contributed by atoms with van der Waals surface area (Å²) in [5.74, 6) is -2.39. The second kappa shape index (κ2) is 6.86. The van der Waals surface area contributed by atoms with E-state index in [-0.39, 0.29) is 12.1 Å². The molecule has 0 saturated carbocycles. The second-order valence-electron chi connectivity index (χ2n) is 5.01. The van der Waals surface area contributed by atoms with Crippen LogP contribution in [0, 0.1) is 29.8 Å². The Bertz CT molecular complexity index is 817. The molecule has 0 aliphatic rings. The molecular formula is C14H14FN5O4. The predicted molar refractivity (Wildman–Crippen MR) is 80.4 cm³/mol. The molecule has 2 aromatic rings. The highest BCUT2D eigenvalue weighted by Crippen LogP contribution is 2.18. The lowest BCUT2D eigenvalue weighted by Gasteiger charge is -2.08. The highest BCUT2D eigenvalue weighted by Gasteiger charge is 2.18. The number of nitrogens with one attached hydrogen (secondary N) is 2. The Hall–Kier alpha value is -3.30. The Balaban J connectivity index is 1.98. The maximum atomic E-state index is 13.2. The fourth-order valence-corrected chi connectivity index (χ4v) is 2.00. The summed E-state index contributed by atoms with van der Waals surface area (Å²) in [6.45, 7) is 3.46. The van der Waals surface area contributed by atoms with Gasteiger partial charge in [-0.1, -0.05) is 0 Å². The molecule has 1 aromatic carbocycles. The smallest absolute Gasteiger partial charge is 0.271 e. The number of nitro benzene ring substituents is 1. The first-order chi connectivity index (χ1) is 11.3. The number of hydrazine groups is 1. The molecular weight excluding hydrogens is 321 g/mol. The van der Waals surface area contributed by atoms with E-state index in [9.17, 15) is 24.1 Å². The van der Waals surface area contributed by atoms with Crippen molar-refractivity contribution in [3.63, 3.8) is 0 Å². The van der Waals surface area contributed by atoms with Crippen LogP contribution in [0.15, 0.2) is 24.3 Å². The number of hydrogen-bond donors (Lipinski definition) is 2. The van der Waals surface area contributed by atoms with Crippen molar-refractivity contribution in [2.24, 2.45) is 0 Å². The van der Waals surface area contributed by atoms with Gasteiger partial charge in [0.2, 0.25) is 5.82 Å². The highest BCUT2D eigenvalue weighted by atomic mass is 19.1. The van der Waals surface area contributed by atoms with Crippen molar-refractivity contribution in [1.29, 1.82) is 0 Å². The molecule has 2 amide bonds. The van der Waals surface area contributed by atoms with Crippen LogP contribution < -0.4 is 10.9 Å². The number of halogens is 1. The van der Waals surface area contributed by atoms with Gasteiger partial charge in [-0.25, -0.2) is 0 Å². The minimum atomic E-state index is -1.05. The summed E-state index contributed by atoms with van der Waals surface area (Å²) in [4.78, 5) is 33.4. The first-order valence-electron chi connectivity index (χ1n) is 6.82. The molecule has 0 saturated heterocycles. The van der Waals surface area contributed by atoms with Crippen LogP contribution in [-0.4, -0.2) is 26.5 Å². The Morgan fingerprint density at radius 1 is 1.29 bits per heavy atom. The standard InChI is InChI=1S/C14H14FN5O4/c1-8-5-9(2)19(18-8)7-13(21)16-17-14(22)10-3-4-11(15)12(6-10)20(23)24/h3-6H,7H2,1-2H3,(H,16,21)(H,17,22). The van der Waals surface area contributed by atoms with Gasteiger partial charge in [-0.05, 0) is 32.0 Å². The van der Waals surface area contributed by atoms with Crippen LogP contribution in [-0.2, 0) is 11.3 Å². The molecule has 0 atom stereocenters. The number of benzene rings is 1. The van der Waals surface area contributed by atoms with Gasteiger partial charge in [0.15, 0.2) is 0 Å². The number of amides is 2. The summed E-state index contributed by atoms with van der Waals surface area (Å²) >= 11 is 0. The van der Waals surface area contributed by atoms with Gasteiger partial charge >= 0.3 is 5.69 Å². The normalized spacial score (nSPS) is 10.3. The van der Waals surface area contributed by atoms with E-state index < -0.39 is 28.2 Å². The van der Waals surface area contributed by atoms with Crippen molar-refractivity contribution in [2.75, 3.05) is 0 Å². The third kappa shape index (κ3) is 3.91. The molecule has 0 aliphatic carbocycles. The van der Waals surface area contributed by atoms with E-state index in [1.54, 1.807) is 19.9 Å². The highest BCUT2D eigenvalue weighted by molar-refractivity contribution is 5.95. The number of carbonyl (C=O) groups excluding carboxylic acids is 2. The van der Waals surface area contributed by atoms with E-state index in [4.69, 9.17) is 0 Å². The Kier molecular flexibility index (Phi) is 4.87. The summed E-state index contributed by atoms with van der Waals surface area (Å²) in [5.41, 5.74) is 4.83. The van der Waals surface area contributed by atoms with Gasteiger partial charge in [-0.2, -0.15) is 9.49 Å². The quantitative estimate of drug-likeness (QED) is 0.638. The Morgan fingerprint density at radius 2 is 2.00 bits per heavy atom. The molecule has 0 unspecified atom stereocenters. The van der Waals surface area contributed by atoms with E-state index in [2.05, 4.69) is 16.0 Å². The molecule has 126 valence electrons. The second-order valence-corrected chi connectivity index (χ2v) is 5.01. The lowest BCUT2D eigenvalue weighted by molar-refractivity contribution is -0.387. The number of nitrogens with zero attached hydrogens (tertiary/aromatic N) is 3. The average Bonchev–Trinajstić information content (AvgIpc) is 2.82. The third-order valence-corrected chi connectivity index (χ3v) is 3.12. The zero-order chi connectivity index (χ0) is 17.9. The molecule has 24 heavy (non-hydrogen) atoms. The molecule has 0 bridgehead atoms. The van der Waals surface area contributed by atoms with Crippen LogP contribution in [0.4, 0.5) is 10.1 Å². The molecule has 10 heteroatoms. The van der Waals surface area contributed by atoms with Crippen LogP contribution in [0.3, 0.4) is 0 Å². The monoisotopic (exact) mass is 335 g/mol. The van der Waals surface area contributed by atoms with E-state index in [1.807, 2.05) is 0 Å². The predicted octanol–water partition coefficient (Wildman–Crippen LogP) is 1.01. The lowest BCUT2D eigenvalue weighted by atomic mass is 10.2. The zero-order valence-electron chi connectivity index (χ0n) is 12.9. The average molecular weight is 335 g/mol. The largest absolute Gasteiger partial charge is 0.305 e. The van der Waals surface area contributed by atoms with Gasteiger partial charge in [-0.3, -0.25) is 35.2 Å². The van der Waals surface area contributed by atoms with E-state index in [1.165, 1.54) is 4.68 Å². The third-order valence-electron chi connectivity index (χ3n) is 3.12. The number of aromatic nitrogens is 2. The maximum Gasteiger partial charge on any atom is 0.305 e. The molecule has 1 aromatic heterocycles.